The maximum atomic E-state index is 13.1. The number of rotatable bonds is 4. The molecule has 0 heterocycles. The lowest BCUT2D eigenvalue weighted by Gasteiger charge is -2.16. The molecule has 29 heavy (non-hydrogen) atoms. The van der Waals surface area contributed by atoms with E-state index in [9.17, 15) is 22.8 Å². The second-order valence-electron chi connectivity index (χ2n) is 6.37. The first kappa shape index (κ1) is 20.7. The van der Waals surface area contributed by atoms with E-state index in [0.717, 1.165) is 17.7 Å². The van der Waals surface area contributed by atoms with Gasteiger partial charge in [0.05, 0.1) is 16.1 Å². The predicted octanol–water partition coefficient (Wildman–Crippen LogP) is 5.60. The number of benzene rings is 2. The molecule has 3 rings (SSSR count). The predicted molar refractivity (Wildman–Crippen MR) is 102 cm³/mol. The van der Waals surface area contributed by atoms with E-state index in [4.69, 9.17) is 16.3 Å². The molecule has 0 aliphatic heterocycles. The fourth-order valence-corrected chi connectivity index (χ4v) is 2.91. The summed E-state index contributed by atoms with van der Waals surface area (Å²) in [6, 6.07) is 7.48. The lowest BCUT2D eigenvalue weighted by atomic mass is 10.1. The third-order valence-corrected chi connectivity index (χ3v) is 4.34. The normalized spacial score (nSPS) is 13.8. The molecule has 0 radical (unpaired) electrons. The molecular weight excluding hydrogens is 407 g/mol. The number of ketones is 1. The fraction of sp³-hybridized carbons (Fsp3) is 0.143. The van der Waals surface area contributed by atoms with Crippen LogP contribution in [-0.2, 0) is 11.0 Å². The van der Waals surface area contributed by atoms with Gasteiger partial charge in [-0.15, -0.1) is 0 Å². The van der Waals surface area contributed by atoms with E-state index in [1.54, 1.807) is 24.3 Å². The van der Waals surface area contributed by atoms with Crippen molar-refractivity contribution in [2.45, 2.75) is 19.5 Å². The van der Waals surface area contributed by atoms with E-state index in [2.05, 4.69) is 5.32 Å². The smallest absolute Gasteiger partial charge is 0.416 e. The zero-order valence-electron chi connectivity index (χ0n) is 15.1. The van der Waals surface area contributed by atoms with Crippen LogP contribution in [0.5, 0.6) is 11.5 Å². The molecule has 0 fully saturated rings. The SMILES string of the molecule is Cc1ccc(Oc2ccc(C(F)(F)F)cc2C(=O)NC2=CC(=O)CC=C2)c(Cl)c1. The Hall–Kier alpha value is -3.06. The molecule has 0 aromatic heterocycles. The van der Waals surface area contributed by atoms with Crippen molar-refractivity contribution in [2.75, 3.05) is 0 Å². The molecule has 1 amide bonds. The van der Waals surface area contributed by atoms with Crippen LogP contribution in [0, 0.1) is 6.92 Å². The Balaban J connectivity index is 1.98. The summed E-state index contributed by atoms with van der Waals surface area (Å²) in [6.07, 6.45) is -0.182. The third-order valence-electron chi connectivity index (χ3n) is 4.05. The lowest BCUT2D eigenvalue weighted by molar-refractivity contribution is -0.137. The van der Waals surface area contributed by atoms with Gasteiger partial charge in [0.15, 0.2) is 5.78 Å². The summed E-state index contributed by atoms with van der Waals surface area (Å²) in [6.45, 7) is 1.82. The van der Waals surface area contributed by atoms with Crippen LogP contribution in [0.15, 0.2) is 60.3 Å². The summed E-state index contributed by atoms with van der Waals surface area (Å²) in [7, 11) is 0. The summed E-state index contributed by atoms with van der Waals surface area (Å²) in [5.74, 6) is -0.985. The number of allylic oxidation sites excluding steroid dienone is 3. The van der Waals surface area contributed by atoms with Gasteiger partial charge in [-0.25, -0.2) is 0 Å². The standard InChI is InChI=1S/C21H15ClF3NO3/c1-12-5-7-19(17(22)9-12)29-18-8-6-13(21(23,24)25)10-16(18)20(28)26-14-3-2-4-15(27)11-14/h2-3,5-11H,4H2,1H3,(H,26,28). The summed E-state index contributed by atoms with van der Waals surface area (Å²) < 4.78 is 45.1. The van der Waals surface area contributed by atoms with Gasteiger partial charge in [-0.1, -0.05) is 23.7 Å². The number of alkyl halides is 3. The molecule has 1 N–H and O–H groups in total. The summed E-state index contributed by atoms with van der Waals surface area (Å²) in [5.41, 5.74) is -0.297. The molecule has 0 bridgehead atoms. The molecule has 1 aliphatic carbocycles. The van der Waals surface area contributed by atoms with Crippen molar-refractivity contribution in [1.82, 2.24) is 5.32 Å². The van der Waals surface area contributed by atoms with E-state index in [1.807, 2.05) is 6.92 Å². The zero-order chi connectivity index (χ0) is 21.2. The van der Waals surface area contributed by atoms with E-state index >= 15 is 0 Å². The van der Waals surface area contributed by atoms with Crippen molar-refractivity contribution in [1.29, 1.82) is 0 Å². The van der Waals surface area contributed by atoms with Crippen molar-refractivity contribution in [3.8, 4) is 11.5 Å². The number of nitrogens with one attached hydrogen (secondary N) is 1. The van der Waals surface area contributed by atoms with Crippen LogP contribution in [0.2, 0.25) is 5.02 Å². The molecule has 0 unspecified atom stereocenters. The van der Waals surface area contributed by atoms with Gasteiger partial charge < -0.3 is 10.1 Å². The number of hydrogen-bond acceptors (Lipinski definition) is 3. The lowest BCUT2D eigenvalue weighted by Crippen LogP contribution is -2.24. The first-order chi connectivity index (χ1) is 13.6. The average Bonchev–Trinajstić information content (AvgIpc) is 2.63. The Morgan fingerprint density at radius 2 is 1.86 bits per heavy atom. The monoisotopic (exact) mass is 421 g/mol. The van der Waals surface area contributed by atoms with Crippen LogP contribution >= 0.6 is 11.6 Å². The average molecular weight is 422 g/mol. The van der Waals surface area contributed by atoms with Crippen molar-refractivity contribution >= 4 is 23.3 Å². The largest absolute Gasteiger partial charge is 0.455 e. The van der Waals surface area contributed by atoms with Crippen molar-refractivity contribution < 1.29 is 27.5 Å². The Kier molecular flexibility index (Phi) is 5.79. The van der Waals surface area contributed by atoms with Gasteiger partial charge >= 0.3 is 6.18 Å². The minimum absolute atomic E-state index is 0.104. The number of hydrogen-bond donors (Lipinski definition) is 1. The quantitative estimate of drug-likeness (QED) is 0.698. The Morgan fingerprint density at radius 3 is 2.52 bits per heavy atom. The number of halogens is 4. The molecule has 0 spiro atoms. The maximum Gasteiger partial charge on any atom is 0.416 e. The Bertz CT molecular complexity index is 1040. The first-order valence-corrected chi connectivity index (χ1v) is 8.89. The second-order valence-corrected chi connectivity index (χ2v) is 6.78. The highest BCUT2D eigenvalue weighted by molar-refractivity contribution is 6.32. The molecule has 150 valence electrons. The van der Waals surface area contributed by atoms with Crippen LogP contribution < -0.4 is 10.1 Å². The molecule has 4 nitrogen and oxygen atoms in total. The van der Waals surface area contributed by atoms with E-state index in [-0.39, 0.29) is 40.0 Å². The molecular formula is C21H15ClF3NO3. The van der Waals surface area contributed by atoms with Gasteiger partial charge in [-0.2, -0.15) is 13.2 Å². The van der Waals surface area contributed by atoms with Crippen molar-refractivity contribution in [3.63, 3.8) is 0 Å². The van der Waals surface area contributed by atoms with E-state index in [0.29, 0.717) is 6.07 Å². The van der Waals surface area contributed by atoms with Crippen LogP contribution in [0.25, 0.3) is 0 Å². The van der Waals surface area contributed by atoms with E-state index in [1.165, 1.54) is 12.2 Å². The molecule has 2 aromatic rings. The van der Waals surface area contributed by atoms with Crippen LogP contribution in [0.3, 0.4) is 0 Å². The topological polar surface area (TPSA) is 55.4 Å². The van der Waals surface area contributed by atoms with Crippen molar-refractivity contribution in [3.05, 3.63) is 82.0 Å². The number of aryl methyl sites for hydroxylation is 1. The van der Waals surface area contributed by atoms with Gasteiger partial charge in [-0.05, 0) is 48.9 Å². The highest BCUT2D eigenvalue weighted by Crippen LogP contribution is 2.36. The second kappa shape index (κ2) is 8.13. The highest BCUT2D eigenvalue weighted by Gasteiger charge is 2.32. The summed E-state index contributed by atoms with van der Waals surface area (Å²) in [5, 5.41) is 2.68. The molecule has 0 atom stereocenters. The van der Waals surface area contributed by atoms with E-state index < -0.39 is 17.6 Å². The zero-order valence-corrected chi connectivity index (χ0v) is 15.9. The van der Waals surface area contributed by atoms with Gasteiger partial charge in [0.2, 0.25) is 0 Å². The molecule has 2 aromatic carbocycles. The molecule has 8 heteroatoms. The van der Waals surface area contributed by atoms with Crippen molar-refractivity contribution in [2.24, 2.45) is 0 Å². The minimum Gasteiger partial charge on any atom is -0.455 e. The number of amides is 1. The first-order valence-electron chi connectivity index (χ1n) is 8.51. The van der Waals surface area contributed by atoms with Gasteiger partial charge in [-0.3, -0.25) is 9.59 Å². The minimum atomic E-state index is -4.64. The Morgan fingerprint density at radius 1 is 1.14 bits per heavy atom. The maximum absolute atomic E-state index is 13.1. The molecule has 0 saturated carbocycles. The van der Waals surface area contributed by atoms with Crippen LogP contribution in [0.4, 0.5) is 13.2 Å². The summed E-state index contributed by atoms with van der Waals surface area (Å²) in [4.78, 5) is 24.2. The molecule has 0 saturated heterocycles. The van der Waals surface area contributed by atoms with Gasteiger partial charge in [0, 0.05) is 18.2 Å². The van der Waals surface area contributed by atoms with Gasteiger partial charge in [0.25, 0.3) is 5.91 Å². The van der Waals surface area contributed by atoms with Crippen LogP contribution in [0.1, 0.15) is 27.9 Å². The number of carbonyl (C=O) groups is 2. The number of ether oxygens (including phenoxy) is 1. The van der Waals surface area contributed by atoms with Crippen LogP contribution in [-0.4, -0.2) is 11.7 Å². The Labute approximate surface area is 169 Å². The molecule has 1 aliphatic rings. The third kappa shape index (κ3) is 5.06. The van der Waals surface area contributed by atoms with Gasteiger partial charge in [0.1, 0.15) is 11.5 Å². The number of carbonyl (C=O) groups excluding carboxylic acids is 2. The highest BCUT2D eigenvalue weighted by atomic mass is 35.5. The summed E-state index contributed by atoms with van der Waals surface area (Å²) >= 11 is 6.13. The fourth-order valence-electron chi connectivity index (χ4n) is 2.64.